The van der Waals surface area contributed by atoms with Gasteiger partial charge >= 0.3 is 19.5 Å². The van der Waals surface area contributed by atoms with E-state index < -0.39 is 11.9 Å². The van der Waals surface area contributed by atoms with Crippen LogP contribution in [0, 0.1) is 0 Å². The third kappa shape index (κ3) is 46.0. The average molecular weight is 664 g/mol. The molecule has 0 spiro atoms. The molecule has 252 valence electrons. The van der Waals surface area contributed by atoms with Crippen molar-refractivity contribution < 1.29 is 49.5 Å². The number of carbonyl (C=O) groups is 2. The first kappa shape index (κ1) is 46.9. The molecule has 6 nitrogen and oxygen atoms in total. The molecule has 0 aromatic carbocycles. The van der Waals surface area contributed by atoms with Gasteiger partial charge in [-0.15, -0.1) is 0 Å². The maximum atomic E-state index is 10.2. The summed E-state index contributed by atoms with van der Waals surface area (Å²) in [5, 5.41) is 40.1. The van der Waals surface area contributed by atoms with Gasteiger partial charge in [-0.2, -0.15) is 0 Å². The summed E-state index contributed by atoms with van der Waals surface area (Å²) < 4.78 is 0. The van der Waals surface area contributed by atoms with Crippen LogP contribution in [-0.4, -0.2) is 34.4 Å². The number of unbranched alkanes of at least 4 members (excludes halogenated alkanes) is 20. The number of aliphatic hydroxyl groups excluding tert-OH is 2. The van der Waals surface area contributed by atoms with E-state index >= 15 is 0 Å². The Hall–Kier alpha value is -0.517. The molecule has 2 unspecified atom stereocenters. The summed E-state index contributed by atoms with van der Waals surface area (Å²) >= 11 is 0. The van der Waals surface area contributed by atoms with E-state index in [9.17, 15) is 30.0 Å². The maximum absolute atomic E-state index is 10.2. The van der Waals surface area contributed by atoms with Crippen molar-refractivity contribution in [2.45, 2.75) is 219 Å². The van der Waals surface area contributed by atoms with Gasteiger partial charge in [-0.05, 0) is 51.4 Å². The van der Waals surface area contributed by atoms with Crippen molar-refractivity contribution in [2.75, 3.05) is 0 Å². The van der Waals surface area contributed by atoms with E-state index in [0.717, 1.165) is 77.0 Å². The Balaban J connectivity index is -0.000000727. The van der Waals surface area contributed by atoms with Crippen LogP contribution in [0.2, 0.25) is 0 Å². The van der Waals surface area contributed by atoms with Gasteiger partial charge in [-0.1, -0.05) is 155 Å². The quantitative estimate of drug-likeness (QED) is 0.0557. The molecule has 0 heterocycles. The Morgan fingerprint density at radius 1 is 0.419 bits per heavy atom. The fraction of sp³-hybridized carbons (Fsp3) is 0.944. The molecule has 0 saturated carbocycles. The average Bonchev–Trinajstić information content (AvgIpc) is 2.95. The van der Waals surface area contributed by atoms with Crippen LogP contribution in [0.5, 0.6) is 0 Å². The van der Waals surface area contributed by atoms with Crippen LogP contribution in [0.25, 0.3) is 0 Å². The van der Waals surface area contributed by atoms with Crippen LogP contribution >= 0.6 is 0 Å². The van der Waals surface area contributed by atoms with E-state index in [1.807, 2.05) is 0 Å². The number of carboxylic acids is 2. The number of carboxylic acid groups (broad SMARTS) is 2. The van der Waals surface area contributed by atoms with Crippen LogP contribution < -0.4 is 10.2 Å². The molecule has 0 aliphatic carbocycles. The van der Waals surface area contributed by atoms with Crippen molar-refractivity contribution in [1.29, 1.82) is 0 Å². The molecule has 0 aromatic rings. The van der Waals surface area contributed by atoms with Gasteiger partial charge in [0.2, 0.25) is 0 Å². The maximum Gasteiger partial charge on any atom is 2.00 e. The van der Waals surface area contributed by atoms with Gasteiger partial charge < -0.3 is 30.0 Å². The summed E-state index contributed by atoms with van der Waals surface area (Å²) in [7, 11) is 0. The zero-order valence-electron chi connectivity index (χ0n) is 28.6. The van der Waals surface area contributed by atoms with Gasteiger partial charge in [0, 0.05) is 11.9 Å². The number of hydrogen-bond acceptors (Lipinski definition) is 6. The minimum Gasteiger partial charge on any atom is -0.550 e. The second-order valence-corrected chi connectivity index (χ2v) is 12.5. The van der Waals surface area contributed by atoms with Gasteiger partial charge in [0.1, 0.15) is 0 Å². The molecule has 0 saturated heterocycles. The minimum absolute atomic E-state index is 0. The SMILES string of the molecule is CCCCCCC(O)CCCCCCCCCCC(=O)[O-].CCCCCCC(O)CCCCCCCCCCC(=O)[O-].[Zn+2]. The van der Waals surface area contributed by atoms with E-state index in [0.29, 0.717) is 0 Å². The van der Waals surface area contributed by atoms with Crippen molar-refractivity contribution in [3.05, 3.63) is 0 Å². The summed E-state index contributed by atoms with van der Waals surface area (Å²) in [6.45, 7) is 4.42. The second kappa shape index (κ2) is 39.5. The van der Waals surface area contributed by atoms with E-state index in [1.54, 1.807) is 0 Å². The Morgan fingerprint density at radius 2 is 0.628 bits per heavy atom. The summed E-state index contributed by atoms with van der Waals surface area (Å²) in [5.74, 6) is -1.86. The fourth-order valence-corrected chi connectivity index (χ4v) is 5.32. The summed E-state index contributed by atoms with van der Waals surface area (Å²) in [6, 6.07) is 0. The third-order valence-electron chi connectivity index (χ3n) is 8.12. The molecule has 0 amide bonds. The number of aliphatic carboxylic acids is 2. The van der Waals surface area contributed by atoms with Gasteiger partial charge in [-0.25, -0.2) is 0 Å². The zero-order chi connectivity index (χ0) is 31.5. The number of rotatable bonds is 32. The van der Waals surface area contributed by atoms with E-state index in [2.05, 4.69) is 13.8 Å². The van der Waals surface area contributed by atoms with Crippen molar-refractivity contribution in [3.63, 3.8) is 0 Å². The standard InChI is InChI=1S/2C18H36O3.Zn/c2*1-2-3-4-11-14-17(19)15-12-9-7-5-6-8-10-13-16-18(20)21;/h2*17,19H,2-16H2,1H3,(H,20,21);/q;;+2/p-2. The summed E-state index contributed by atoms with van der Waals surface area (Å²) in [4.78, 5) is 20.5. The molecule has 0 rings (SSSR count). The Bertz CT molecular complexity index is 512. The molecule has 0 radical (unpaired) electrons. The molecular weight excluding hydrogens is 594 g/mol. The normalized spacial score (nSPS) is 12.2. The van der Waals surface area contributed by atoms with E-state index in [1.165, 1.54) is 103 Å². The molecule has 0 bridgehead atoms. The molecule has 0 aromatic heterocycles. The molecule has 0 aliphatic rings. The van der Waals surface area contributed by atoms with E-state index in [-0.39, 0.29) is 44.5 Å². The summed E-state index contributed by atoms with van der Waals surface area (Å²) in [6.07, 6.45) is 31.8. The molecule has 2 atom stereocenters. The first-order valence-corrected chi connectivity index (χ1v) is 18.1. The third-order valence-corrected chi connectivity index (χ3v) is 8.12. The predicted molar refractivity (Wildman–Crippen MR) is 172 cm³/mol. The van der Waals surface area contributed by atoms with Crippen molar-refractivity contribution >= 4 is 11.9 Å². The Labute approximate surface area is 279 Å². The van der Waals surface area contributed by atoms with Crippen molar-refractivity contribution in [3.8, 4) is 0 Å². The van der Waals surface area contributed by atoms with Gasteiger partial charge in [-0.3, -0.25) is 0 Å². The molecule has 2 N–H and O–H groups in total. The van der Waals surface area contributed by atoms with E-state index in [4.69, 9.17) is 0 Å². The topological polar surface area (TPSA) is 121 Å². The van der Waals surface area contributed by atoms with Crippen LogP contribution in [0.3, 0.4) is 0 Å². The molecule has 0 aliphatic heterocycles. The fourth-order valence-electron chi connectivity index (χ4n) is 5.32. The molecular formula is C36H70O6Zn. The Morgan fingerprint density at radius 3 is 0.860 bits per heavy atom. The first-order chi connectivity index (χ1) is 20.3. The monoisotopic (exact) mass is 662 g/mol. The minimum atomic E-state index is -0.928. The van der Waals surface area contributed by atoms with Crippen LogP contribution in [0.15, 0.2) is 0 Å². The molecule has 7 heteroatoms. The van der Waals surface area contributed by atoms with Crippen LogP contribution in [-0.2, 0) is 29.1 Å². The number of hydrogen-bond donors (Lipinski definition) is 2. The first-order valence-electron chi connectivity index (χ1n) is 18.1. The van der Waals surface area contributed by atoms with Crippen LogP contribution in [0.4, 0.5) is 0 Å². The smallest absolute Gasteiger partial charge is 0.550 e. The van der Waals surface area contributed by atoms with Gasteiger partial charge in [0.05, 0.1) is 12.2 Å². The number of aliphatic hydroxyl groups is 2. The predicted octanol–water partition coefficient (Wildman–Crippen LogP) is 7.93. The molecule has 43 heavy (non-hydrogen) atoms. The second-order valence-electron chi connectivity index (χ2n) is 12.5. The van der Waals surface area contributed by atoms with Gasteiger partial charge in [0.15, 0.2) is 0 Å². The van der Waals surface area contributed by atoms with Gasteiger partial charge in [0.25, 0.3) is 0 Å². The number of carbonyl (C=O) groups excluding carboxylic acids is 2. The van der Waals surface area contributed by atoms with Crippen molar-refractivity contribution in [2.24, 2.45) is 0 Å². The summed E-state index contributed by atoms with van der Waals surface area (Å²) in [5.41, 5.74) is 0. The largest absolute Gasteiger partial charge is 2.00 e. The Kier molecular flexibility index (Phi) is 43.1. The zero-order valence-corrected chi connectivity index (χ0v) is 31.6. The van der Waals surface area contributed by atoms with Crippen molar-refractivity contribution in [1.82, 2.24) is 0 Å². The molecule has 0 fully saturated rings. The van der Waals surface area contributed by atoms with Crippen LogP contribution in [0.1, 0.15) is 206 Å².